The van der Waals surface area contributed by atoms with Gasteiger partial charge in [0.2, 0.25) is 5.60 Å². The summed E-state index contributed by atoms with van der Waals surface area (Å²) in [7, 11) is -4.65. The van der Waals surface area contributed by atoms with E-state index in [1.165, 1.54) is 95.5 Å². The van der Waals surface area contributed by atoms with Crippen LogP contribution < -0.4 is 10.3 Å². The van der Waals surface area contributed by atoms with Crippen molar-refractivity contribution in [2.75, 3.05) is 18.9 Å². The van der Waals surface area contributed by atoms with Gasteiger partial charge in [0.25, 0.3) is 0 Å². The van der Waals surface area contributed by atoms with Crippen LogP contribution in [-0.4, -0.2) is 57.5 Å². The van der Waals surface area contributed by atoms with Crippen molar-refractivity contribution < 1.29 is 41.5 Å². The molecule has 2 fully saturated rings. The first-order chi connectivity index (χ1) is 31.9. The van der Waals surface area contributed by atoms with Crippen molar-refractivity contribution >= 4 is 30.8 Å². The molecule has 1 unspecified atom stereocenters. The molecule has 2 aromatic carbocycles. The molecule has 2 aliphatic rings. The summed E-state index contributed by atoms with van der Waals surface area (Å²) in [4.78, 5) is 4.07. The first-order valence-electron chi connectivity index (χ1n) is 23.6. The van der Waals surface area contributed by atoms with Crippen LogP contribution in [0.1, 0.15) is 153 Å². The van der Waals surface area contributed by atoms with E-state index in [9.17, 15) is 19.5 Å². The average Bonchev–Trinajstić information content (AvgIpc) is 3.97. The SMILES string of the molecule is CCCCCCCCCCCCCCCCCC[C@@H](COP(=O)(OC[C@@]1(C#N)O[C@@H](c2ccc3c(N)ncnn23)[C@@H]2OC(C)(C)O[C@@H]21)Oc1ccccc1Cl)OCc1cc(F)cc(C#N)c1. The third kappa shape index (κ3) is 14.2. The number of nitrogens with two attached hydrogens (primary N) is 1. The van der Waals surface area contributed by atoms with Crippen LogP contribution in [0.5, 0.6) is 5.75 Å². The van der Waals surface area contributed by atoms with Crippen molar-refractivity contribution in [1.82, 2.24) is 14.6 Å². The van der Waals surface area contributed by atoms with Gasteiger partial charge in [-0.1, -0.05) is 133 Å². The minimum atomic E-state index is -4.65. The molecule has 0 saturated carbocycles. The third-order valence-electron chi connectivity index (χ3n) is 12.1. The van der Waals surface area contributed by atoms with E-state index in [-0.39, 0.29) is 35.4 Å². The van der Waals surface area contributed by atoms with Gasteiger partial charge in [-0.3, -0.25) is 9.05 Å². The second-order valence-electron chi connectivity index (χ2n) is 17.8. The van der Waals surface area contributed by atoms with Gasteiger partial charge in [0.15, 0.2) is 11.6 Å². The number of hydrogen-bond acceptors (Lipinski definition) is 13. The lowest BCUT2D eigenvalue weighted by Crippen LogP contribution is -2.46. The molecular weight excluding hydrogens is 886 g/mol. The van der Waals surface area contributed by atoms with Gasteiger partial charge in [0.05, 0.1) is 41.7 Å². The number of aromatic nitrogens is 3. The number of unbranched alkanes of at least 4 members (excludes halogenated alkanes) is 15. The third-order valence-corrected chi connectivity index (χ3v) is 13.7. The highest BCUT2D eigenvalue weighted by Crippen LogP contribution is 2.55. The number of nitriles is 2. The summed E-state index contributed by atoms with van der Waals surface area (Å²) in [5, 5.41) is 24.8. The number of para-hydroxylation sites is 1. The first-order valence-corrected chi connectivity index (χ1v) is 25.4. The Kier molecular flexibility index (Phi) is 19.2. The summed E-state index contributed by atoms with van der Waals surface area (Å²) in [6.45, 7) is 4.77. The van der Waals surface area contributed by atoms with Crippen LogP contribution in [0.4, 0.5) is 10.2 Å². The number of fused-ring (bicyclic) bond motifs is 2. The lowest BCUT2D eigenvalue weighted by molar-refractivity contribution is -0.204. The van der Waals surface area contributed by atoms with Crippen molar-refractivity contribution in [1.29, 1.82) is 10.5 Å². The number of hydrogen-bond donors (Lipinski definition) is 1. The predicted molar refractivity (Wildman–Crippen MR) is 249 cm³/mol. The molecule has 6 atom stereocenters. The number of ether oxygens (including phenoxy) is 4. The number of rotatable bonds is 29. The number of nitrogen functional groups attached to an aromatic ring is 1. The van der Waals surface area contributed by atoms with Gasteiger partial charge in [-0.25, -0.2) is 18.5 Å². The molecule has 66 heavy (non-hydrogen) atoms. The number of phosphoric ester groups is 1. The molecular formula is C49H65ClFN6O8P. The van der Waals surface area contributed by atoms with Crippen LogP contribution in [0.3, 0.4) is 0 Å². The topological polar surface area (TPSA) is 185 Å². The quantitative estimate of drug-likeness (QED) is 0.0401. The van der Waals surface area contributed by atoms with Crippen LogP contribution in [0.2, 0.25) is 5.02 Å². The minimum absolute atomic E-state index is 0.0224. The van der Waals surface area contributed by atoms with Gasteiger partial charge in [0, 0.05) is 0 Å². The lowest BCUT2D eigenvalue weighted by atomic mass is 9.96. The molecule has 2 aliphatic heterocycles. The van der Waals surface area contributed by atoms with Crippen molar-refractivity contribution in [3.63, 3.8) is 0 Å². The number of benzene rings is 2. The smallest absolute Gasteiger partial charge is 0.402 e. The Morgan fingerprint density at radius 3 is 2.21 bits per heavy atom. The Balaban J connectivity index is 1.11. The molecule has 0 radical (unpaired) electrons. The molecule has 6 rings (SSSR count). The Bertz CT molecular complexity index is 2310. The zero-order valence-corrected chi connectivity index (χ0v) is 40.2. The van der Waals surface area contributed by atoms with E-state index in [1.807, 2.05) is 6.07 Å². The summed E-state index contributed by atoms with van der Waals surface area (Å²) in [6.07, 6.45) is 18.1. The fourth-order valence-electron chi connectivity index (χ4n) is 8.61. The molecule has 4 aromatic rings. The maximum absolute atomic E-state index is 14.9. The molecule has 0 amide bonds. The zero-order valence-electron chi connectivity index (χ0n) is 38.5. The highest BCUT2D eigenvalue weighted by Gasteiger charge is 2.65. The van der Waals surface area contributed by atoms with Gasteiger partial charge >= 0.3 is 7.82 Å². The second-order valence-corrected chi connectivity index (χ2v) is 19.8. The van der Waals surface area contributed by atoms with Gasteiger partial charge in [-0.05, 0) is 68.3 Å². The average molecular weight is 952 g/mol. The van der Waals surface area contributed by atoms with E-state index in [0.717, 1.165) is 31.7 Å². The predicted octanol–water partition coefficient (Wildman–Crippen LogP) is 12.3. The van der Waals surface area contributed by atoms with Gasteiger partial charge in [0.1, 0.15) is 54.4 Å². The highest BCUT2D eigenvalue weighted by atomic mass is 35.5. The normalized spacial score (nSPS) is 21.3. The van der Waals surface area contributed by atoms with Crippen molar-refractivity contribution in [3.05, 3.63) is 88.6 Å². The lowest BCUT2D eigenvalue weighted by Gasteiger charge is -2.30. The van der Waals surface area contributed by atoms with Crippen LogP contribution in [0.15, 0.2) is 60.9 Å². The summed E-state index contributed by atoms with van der Waals surface area (Å²) in [6, 6.07) is 18.1. The number of anilines is 1. The fourth-order valence-corrected chi connectivity index (χ4v) is 10.1. The van der Waals surface area contributed by atoms with Crippen LogP contribution >= 0.6 is 19.4 Å². The van der Waals surface area contributed by atoms with Gasteiger partial charge in [-0.2, -0.15) is 15.6 Å². The molecule has 17 heteroatoms. The van der Waals surface area contributed by atoms with E-state index in [0.29, 0.717) is 23.2 Å². The standard InChI is InChI=1S/C49H65ClFN6O8P/c1-4-5-6-7-8-9-10-11-12-13-14-15-16-17-18-19-22-39(59-31-37-27-36(30-52)28-38(51)29-37)32-60-66(58,65-43-24-21-20-23-40(43)50)61-34-49(33-53)46-45(62-48(2,3)64-46)44(63-49)41-25-26-42-47(54)55-35-56-57(41)42/h20-21,23-29,35,39,44-46H,4-19,22,31-32,34H2,1-3H3,(H2,54,55,56)/t39-,44-,45-,46-,49+,66?/m0/s1. The summed E-state index contributed by atoms with van der Waals surface area (Å²) in [5.74, 6) is -1.41. The molecule has 4 heterocycles. The van der Waals surface area contributed by atoms with Crippen LogP contribution in [0.25, 0.3) is 5.52 Å². The minimum Gasteiger partial charge on any atom is -0.402 e. The van der Waals surface area contributed by atoms with Gasteiger partial charge in [-0.15, -0.1) is 0 Å². The fraction of sp³-hybridized carbons (Fsp3) is 0.592. The Labute approximate surface area is 393 Å². The first kappa shape index (κ1) is 51.2. The van der Waals surface area contributed by atoms with Crippen molar-refractivity contribution in [3.8, 4) is 17.9 Å². The van der Waals surface area contributed by atoms with Gasteiger partial charge < -0.3 is 29.2 Å². The van der Waals surface area contributed by atoms with E-state index in [1.54, 1.807) is 54.8 Å². The Morgan fingerprint density at radius 1 is 0.894 bits per heavy atom. The summed E-state index contributed by atoms with van der Waals surface area (Å²) in [5.41, 5.74) is 5.92. The molecule has 358 valence electrons. The van der Waals surface area contributed by atoms with E-state index in [4.69, 9.17) is 49.9 Å². The Morgan fingerprint density at radius 2 is 1.56 bits per heavy atom. The molecule has 0 spiro atoms. The number of halogens is 2. The maximum atomic E-state index is 14.9. The van der Waals surface area contributed by atoms with Crippen LogP contribution in [-0.2, 0) is 39.2 Å². The Hall–Kier alpha value is -4.15. The van der Waals surface area contributed by atoms with Crippen molar-refractivity contribution in [2.24, 2.45) is 0 Å². The number of nitrogens with zero attached hydrogens (tertiary/aromatic N) is 5. The highest BCUT2D eigenvalue weighted by molar-refractivity contribution is 7.49. The molecule has 0 aliphatic carbocycles. The summed E-state index contributed by atoms with van der Waals surface area (Å²) < 4.78 is 74.4. The zero-order chi connectivity index (χ0) is 47.0. The summed E-state index contributed by atoms with van der Waals surface area (Å²) >= 11 is 6.48. The molecule has 14 nitrogen and oxygen atoms in total. The monoisotopic (exact) mass is 950 g/mol. The van der Waals surface area contributed by atoms with E-state index in [2.05, 4.69) is 23.1 Å². The van der Waals surface area contributed by atoms with Crippen molar-refractivity contribution in [2.45, 2.75) is 172 Å². The molecule has 0 bridgehead atoms. The van der Waals surface area contributed by atoms with E-state index >= 15 is 0 Å². The maximum Gasteiger partial charge on any atom is 0.530 e. The second kappa shape index (κ2) is 24.7. The number of phosphoric acid groups is 1. The van der Waals surface area contributed by atoms with Crippen LogP contribution in [0, 0.1) is 28.5 Å². The molecule has 2 saturated heterocycles. The van der Waals surface area contributed by atoms with E-state index < -0.39 is 56.1 Å². The molecule has 2 N–H and O–H groups in total. The molecule has 2 aromatic heterocycles. The largest absolute Gasteiger partial charge is 0.530 e.